The first-order valence-electron chi connectivity index (χ1n) is 7.45. The summed E-state index contributed by atoms with van der Waals surface area (Å²) in [6.45, 7) is 3.96. The largest absolute Gasteiger partial charge is 0.455 e. The number of amides is 1. The lowest BCUT2D eigenvalue weighted by Crippen LogP contribution is -2.31. The third-order valence-corrected chi connectivity index (χ3v) is 3.53. The van der Waals surface area contributed by atoms with Crippen molar-refractivity contribution in [3.05, 3.63) is 35.9 Å². The van der Waals surface area contributed by atoms with E-state index in [1.807, 2.05) is 50.2 Å². The minimum atomic E-state index is -0.393. The first kappa shape index (κ1) is 17.7. The van der Waals surface area contributed by atoms with Crippen molar-refractivity contribution in [3.8, 4) is 6.07 Å². The molecule has 0 fully saturated rings. The van der Waals surface area contributed by atoms with E-state index in [0.29, 0.717) is 0 Å². The van der Waals surface area contributed by atoms with Crippen molar-refractivity contribution in [2.75, 3.05) is 13.2 Å². The summed E-state index contributed by atoms with van der Waals surface area (Å²) in [6.07, 6.45) is 1.07. The van der Waals surface area contributed by atoms with Gasteiger partial charge in [-0.05, 0) is 11.5 Å². The van der Waals surface area contributed by atoms with Gasteiger partial charge in [0.1, 0.15) is 0 Å². The van der Waals surface area contributed by atoms with Crippen LogP contribution >= 0.6 is 0 Å². The predicted octanol–water partition coefficient (Wildman–Crippen LogP) is 2.39. The zero-order chi connectivity index (χ0) is 16.4. The predicted molar refractivity (Wildman–Crippen MR) is 82.8 cm³/mol. The summed E-state index contributed by atoms with van der Waals surface area (Å²) in [6, 6.07) is 11.4. The van der Waals surface area contributed by atoms with Crippen LogP contribution in [0, 0.1) is 17.2 Å². The molecule has 1 aromatic rings. The number of hydrogen-bond donors (Lipinski definition) is 1. The third kappa shape index (κ3) is 5.57. The van der Waals surface area contributed by atoms with E-state index in [2.05, 4.69) is 5.32 Å². The third-order valence-electron chi connectivity index (χ3n) is 3.53. The highest BCUT2D eigenvalue weighted by Crippen LogP contribution is 2.28. The SMILES string of the molecule is CC[C@@H](C)[C@@H](C(=O)OCC(=O)NCCC#N)c1ccccc1. The zero-order valence-corrected chi connectivity index (χ0v) is 13.0. The van der Waals surface area contributed by atoms with E-state index in [1.165, 1.54) is 0 Å². The second-order valence-corrected chi connectivity index (χ2v) is 5.14. The number of benzene rings is 1. The fraction of sp³-hybridized carbons (Fsp3) is 0.471. The topological polar surface area (TPSA) is 79.2 Å². The Hall–Kier alpha value is -2.35. The van der Waals surface area contributed by atoms with Crippen LogP contribution in [0.1, 0.15) is 38.2 Å². The average Bonchev–Trinajstić information content (AvgIpc) is 2.54. The molecule has 0 bridgehead atoms. The van der Waals surface area contributed by atoms with E-state index in [4.69, 9.17) is 10.00 Å². The molecule has 0 aliphatic rings. The standard InChI is InChI=1S/C17H22N2O3/c1-3-13(2)16(14-8-5-4-6-9-14)17(21)22-12-15(20)19-11-7-10-18/h4-6,8-9,13,16H,3,7,11-12H2,1-2H3,(H,19,20)/t13-,16-/m1/s1. The van der Waals surface area contributed by atoms with E-state index < -0.39 is 5.97 Å². The molecular formula is C17H22N2O3. The van der Waals surface area contributed by atoms with E-state index in [9.17, 15) is 9.59 Å². The van der Waals surface area contributed by atoms with Crippen LogP contribution < -0.4 is 5.32 Å². The summed E-state index contributed by atoms with van der Waals surface area (Å²) in [4.78, 5) is 23.8. The number of nitrogens with zero attached hydrogens (tertiary/aromatic N) is 1. The van der Waals surface area contributed by atoms with Gasteiger partial charge in [-0.3, -0.25) is 9.59 Å². The summed E-state index contributed by atoms with van der Waals surface area (Å²) in [5, 5.41) is 10.9. The summed E-state index contributed by atoms with van der Waals surface area (Å²) < 4.78 is 5.14. The molecule has 0 unspecified atom stereocenters. The van der Waals surface area contributed by atoms with Crippen LogP contribution in [-0.4, -0.2) is 25.0 Å². The molecule has 0 aromatic heterocycles. The molecular weight excluding hydrogens is 280 g/mol. The molecule has 2 atom stereocenters. The Morgan fingerprint density at radius 2 is 2.00 bits per heavy atom. The van der Waals surface area contributed by atoms with Gasteiger partial charge in [0.15, 0.2) is 6.61 Å². The number of rotatable bonds is 8. The van der Waals surface area contributed by atoms with Crippen molar-refractivity contribution in [3.63, 3.8) is 0 Å². The minimum Gasteiger partial charge on any atom is -0.455 e. The number of carbonyl (C=O) groups excluding carboxylic acids is 2. The van der Waals surface area contributed by atoms with Crippen molar-refractivity contribution < 1.29 is 14.3 Å². The molecule has 22 heavy (non-hydrogen) atoms. The molecule has 0 aliphatic heterocycles. The molecule has 0 saturated heterocycles. The highest BCUT2D eigenvalue weighted by Gasteiger charge is 2.27. The molecule has 1 amide bonds. The van der Waals surface area contributed by atoms with Crippen molar-refractivity contribution in [1.29, 1.82) is 5.26 Å². The molecule has 0 heterocycles. The van der Waals surface area contributed by atoms with Gasteiger partial charge in [-0.1, -0.05) is 50.6 Å². The number of carbonyl (C=O) groups is 2. The van der Waals surface area contributed by atoms with Crippen molar-refractivity contribution in [1.82, 2.24) is 5.32 Å². The van der Waals surface area contributed by atoms with Gasteiger partial charge in [0, 0.05) is 6.54 Å². The molecule has 0 radical (unpaired) electrons. The first-order chi connectivity index (χ1) is 10.6. The lowest BCUT2D eigenvalue weighted by molar-refractivity contribution is -0.151. The highest BCUT2D eigenvalue weighted by molar-refractivity contribution is 5.83. The number of esters is 1. The highest BCUT2D eigenvalue weighted by atomic mass is 16.5. The van der Waals surface area contributed by atoms with Gasteiger partial charge in [-0.15, -0.1) is 0 Å². The lowest BCUT2D eigenvalue weighted by Gasteiger charge is -2.21. The molecule has 0 aliphatic carbocycles. The van der Waals surface area contributed by atoms with E-state index in [1.54, 1.807) is 0 Å². The smallest absolute Gasteiger partial charge is 0.314 e. The normalized spacial score (nSPS) is 12.8. The van der Waals surface area contributed by atoms with Crippen LogP contribution in [0.25, 0.3) is 0 Å². The fourth-order valence-corrected chi connectivity index (χ4v) is 2.13. The van der Waals surface area contributed by atoms with Gasteiger partial charge in [-0.25, -0.2) is 0 Å². The Bertz CT molecular complexity index is 522. The molecule has 5 heteroatoms. The van der Waals surface area contributed by atoms with Gasteiger partial charge in [0.2, 0.25) is 0 Å². The zero-order valence-electron chi connectivity index (χ0n) is 13.0. The van der Waals surface area contributed by atoms with Gasteiger partial charge in [0.25, 0.3) is 5.91 Å². The monoisotopic (exact) mass is 302 g/mol. The number of hydrogen-bond acceptors (Lipinski definition) is 4. The Labute approximate surface area is 131 Å². The van der Waals surface area contributed by atoms with Crippen LogP contribution in [0.15, 0.2) is 30.3 Å². The Kier molecular flexibility index (Phi) is 7.69. The maximum Gasteiger partial charge on any atom is 0.314 e. The quantitative estimate of drug-likeness (QED) is 0.590. The summed E-state index contributed by atoms with van der Waals surface area (Å²) in [7, 11) is 0. The van der Waals surface area contributed by atoms with E-state index >= 15 is 0 Å². The summed E-state index contributed by atoms with van der Waals surface area (Å²) >= 11 is 0. The maximum absolute atomic E-state index is 12.3. The Morgan fingerprint density at radius 1 is 1.32 bits per heavy atom. The lowest BCUT2D eigenvalue weighted by atomic mass is 9.86. The van der Waals surface area contributed by atoms with Crippen LogP contribution in [0.2, 0.25) is 0 Å². The molecule has 5 nitrogen and oxygen atoms in total. The molecule has 0 saturated carbocycles. The van der Waals surface area contributed by atoms with E-state index in [-0.39, 0.29) is 37.3 Å². The number of nitriles is 1. The number of nitrogens with one attached hydrogen (secondary N) is 1. The molecule has 1 rings (SSSR count). The van der Waals surface area contributed by atoms with Crippen LogP contribution in [0.4, 0.5) is 0 Å². The first-order valence-corrected chi connectivity index (χ1v) is 7.45. The second kappa shape index (κ2) is 9.56. The second-order valence-electron chi connectivity index (χ2n) is 5.14. The van der Waals surface area contributed by atoms with E-state index in [0.717, 1.165) is 12.0 Å². The van der Waals surface area contributed by atoms with Crippen LogP contribution in [0.3, 0.4) is 0 Å². The van der Waals surface area contributed by atoms with Gasteiger partial charge in [0.05, 0.1) is 18.4 Å². The number of ether oxygens (including phenoxy) is 1. The fourth-order valence-electron chi connectivity index (χ4n) is 2.13. The average molecular weight is 302 g/mol. The van der Waals surface area contributed by atoms with Crippen LogP contribution in [0.5, 0.6) is 0 Å². The minimum absolute atomic E-state index is 0.122. The summed E-state index contributed by atoms with van der Waals surface area (Å²) in [5.74, 6) is -1.04. The Morgan fingerprint density at radius 3 is 2.59 bits per heavy atom. The molecule has 1 N–H and O–H groups in total. The molecule has 1 aromatic carbocycles. The van der Waals surface area contributed by atoms with Crippen molar-refractivity contribution >= 4 is 11.9 Å². The van der Waals surface area contributed by atoms with Gasteiger partial charge in [-0.2, -0.15) is 5.26 Å². The molecule has 0 spiro atoms. The van der Waals surface area contributed by atoms with Crippen molar-refractivity contribution in [2.24, 2.45) is 5.92 Å². The van der Waals surface area contributed by atoms with Gasteiger partial charge >= 0.3 is 5.97 Å². The van der Waals surface area contributed by atoms with Crippen molar-refractivity contribution in [2.45, 2.75) is 32.6 Å². The Balaban J connectivity index is 2.62. The molecule has 118 valence electrons. The maximum atomic E-state index is 12.3. The van der Waals surface area contributed by atoms with Crippen LogP contribution in [-0.2, 0) is 14.3 Å². The van der Waals surface area contributed by atoms with Gasteiger partial charge < -0.3 is 10.1 Å². The summed E-state index contributed by atoms with van der Waals surface area (Å²) in [5.41, 5.74) is 0.895.